The molecule has 0 aliphatic rings. The van der Waals surface area contributed by atoms with Gasteiger partial charge in [0.05, 0.1) is 16.3 Å². The number of aromatic nitrogens is 5. The molecule has 0 radical (unpaired) electrons. The van der Waals surface area contributed by atoms with Crippen molar-refractivity contribution in [3.63, 3.8) is 0 Å². The fourth-order valence-electron chi connectivity index (χ4n) is 2.58. The number of hydrogen-bond donors (Lipinski definition) is 2. The summed E-state index contributed by atoms with van der Waals surface area (Å²) in [6.07, 6.45) is -0.522. The highest BCUT2D eigenvalue weighted by Gasteiger charge is 2.30. The summed E-state index contributed by atoms with van der Waals surface area (Å²) in [5.74, 6) is 0.293. The van der Waals surface area contributed by atoms with Crippen LogP contribution in [0.4, 0.5) is 13.2 Å². The van der Waals surface area contributed by atoms with Crippen molar-refractivity contribution in [2.24, 2.45) is 4.99 Å². The molecule has 0 saturated heterocycles. The van der Waals surface area contributed by atoms with Gasteiger partial charge in [-0.3, -0.25) is 10.4 Å². The first-order valence-electron chi connectivity index (χ1n) is 8.66. The number of halogens is 3. The van der Waals surface area contributed by atoms with Crippen molar-refractivity contribution in [3.05, 3.63) is 66.0 Å². The van der Waals surface area contributed by atoms with E-state index < -0.39 is 11.7 Å². The van der Waals surface area contributed by atoms with Crippen LogP contribution in [0.25, 0.3) is 22.7 Å². The van der Waals surface area contributed by atoms with Gasteiger partial charge >= 0.3 is 6.18 Å². The highest BCUT2D eigenvalue weighted by Crippen LogP contribution is 2.33. The van der Waals surface area contributed by atoms with Gasteiger partial charge in [0.25, 0.3) is 5.22 Å². The highest BCUT2D eigenvalue weighted by atomic mass is 32.2. The zero-order valence-corrected chi connectivity index (χ0v) is 16.3. The molecule has 0 spiro atoms. The molecule has 0 bridgehead atoms. The number of alkyl halides is 3. The summed E-state index contributed by atoms with van der Waals surface area (Å²) in [5.41, 5.74) is 0.425. The van der Waals surface area contributed by atoms with E-state index in [1.807, 2.05) is 0 Å². The molecule has 0 fully saturated rings. The number of hydrogen-bond acceptors (Lipinski definition) is 7. The first kappa shape index (κ1) is 20.5. The maximum absolute atomic E-state index is 13.1. The summed E-state index contributed by atoms with van der Waals surface area (Å²) in [6.45, 7) is 0. The SMILES string of the molecule is N=C/N=c1/nc(-c2cccc(C(F)(F)F)c2)cc(Sc2nnc(-c3ccncc3)o2)[nH]1. The number of nitrogens with zero attached hydrogens (tertiary/aromatic N) is 5. The van der Waals surface area contributed by atoms with Gasteiger partial charge in [0.15, 0.2) is 0 Å². The number of aromatic amines is 1. The number of H-pyrrole nitrogens is 1. The topological polar surface area (TPSA) is 117 Å². The van der Waals surface area contributed by atoms with Crippen molar-refractivity contribution in [2.45, 2.75) is 16.4 Å². The minimum Gasteiger partial charge on any atom is -0.411 e. The lowest BCUT2D eigenvalue weighted by Crippen LogP contribution is -2.14. The van der Waals surface area contributed by atoms with Gasteiger partial charge in [0.2, 0.25) is 11.5 Å². The average molecular weight is 443 g/mol. The molecular formula is C19H12F3N7OS. The Kier molecular flexibility index (Phi) is 5.62. The Morgan fingerprint density at radius 3 is 2.61 bits per heavy atom. The van der Waals surface area contributed by atoms with Crippen LogP contribution >= 0.6 is 11.8 Å². The molecule has 156 valence electrons. The summed E-state index contributed by atoms with van der Waals surface area (Å²) < 4.78 is 44.9. The Hall–Kier alpha value is -3.80. The third kappa shape index (κ3) is 4.86. The normalized spacial score (nSPS) is 12.2. The van der Waals surface area contributed by atoms with Crippen molar-refractivity contribution >= 4 is 18.1 Å². The Bertz CT molecular complexity index is 1290. The molecule has 0 aliphatic carbocycles. The van der Waals surface area contributed by atoms with Gasteiger partial charge in [-0.15, -0.1) is 10.2 Å². The fourth-order valence-corrected chi connectivity index (χ4v) is 3.28. The van der Waals surface area contributed by atoms with Gasteiger partial charge in [0.1, 0.15) is 6.34 Å². The standard InChI is InChI=1S/C19H12F3N7OS/c20-19(21,22)13-3-1-2-12(8-13)14-9-15(27-17(26-14)25-10-23)31-18-29-28-16(30-18)11-4-6-24-7-5-11/h1-10H,(H2,23,25,26,27). The van der Waals surface area contributed by atoms with E-state index in [2.05, 4.69) is 30.1 Å². The lowest BCUT2D eigenvalue weighted by Gasteiger charge is -2.09. The van der Waals surface area contributed by atoms with Crippen molar-refractivity contribution in [1.29, 1.82) is 5.41 Å². The summed E-state index contributed by atoms with van der Waals surface area (Å²) in [6, 6.07) is 9.76. The lowest BCUT2D eigenvalue weighted by atomic mass is 10.1. The van der Waals surface area contributed by atoms with Crippen LogP contribution in [-0.2, 0) is 6.18 Å². The molecule has 31 heavy (non-hydrogen) atoms. The van der Waals surface area contributed by atoms with Crippen LogP contribution in [0.15, 0.2) is 74.5 Å². The van der Waals surface area contributed by atoms with Crippen molar-refractivity contribution in [2.75, 3.05) is 0 Å². The zero-order valence-electron chi connectivity index (χ0n) is 15.5. The van der Waals surface area contributed by atoms with E-state index in [1.165, 1.54) is 12.1 Å². The molecule has 0 atom stereocenters. The first-order valence-corrected chi connectivity index (χ1v) is 9.47. The van der Waals surface area contributed by atoms with Crippen LogP contribution in [0, 0.1) is 5.41 Å². The highest BCUT2D eigenvalue weighted by molar-refractivity contribution is 7.99. The third-order valence-corrected chi connectivity index (χ3v) is 4.71. The smallest absolute Gasteiger partial charge is 0.411 e. The van der Waals surface area contributed by atoms with Crippen LogP contribution in [0.3, 0.4) is 0 Å². The summed E-state index contributed by atoms with van der Waals surface area (Å²) in [4.78, 5) is 14.8. The fraction of sp³-hybridized carbons (Fsp3) is 0.0526. The molecule has 4 aromatic rings. The zero-order chi connectivity index (χ0) is 21.8. The third-order valence-electron chi connectivity index (χ3n) is 3.93. The van der Waals surface area contributed by atoms with E-state index in [0.717, 1.165) is 30.2 Å². The monoisotopic (exact) mass is 443 g/mol. The minimum atomic E-state index is -4.48. The van der Waals surface area contributed by atoms with Crippen molar-refractivity contribution < 1.29 is 17.6 Å². The van der Waals surface area contributed by atoms with Gasteiger partial charge in [-0.1, -0.05) is 12.1 Å². The number of benzene rings is 1. The Morgan fingerprint density at radius 2 is 1.87 bits per heavy atom. The number of nitrogens with one attached hydrogen (secondary N) is 2. The molecule has 2 N–H and O–H groups in total. The van der Waals surface area contributed by atoms with Gasteiger partial charge in [-0.05, 0) is 42.1 Å². The molecule has 0 aliphatic heterocycles. The first-order chi connectivity index (χ1) is 14.9. The molecule has 3 heterocycles. The Balaban J connectivity index is 1.70. The molecule has 12 heteroatoms. The molecule has 1 aromatic carbocycles. The Morgan fingerprint density at radius 1 is 1.06 bits per heavy atom. The maximum Gasteiger partial charge on any atom is 0.416 e. The van der Waals surface area contributed by atoms with Crippen LogP contribution in [0.1, 0.15) is 5.56 Å². The average Bonchev–Trinajstić information content (AvgIpc) is 3.22. The second-order valence-electron chi connectivity index (χ2n) is 6.00. The molecule has 4 rings (SSSR count). The van der Waals surface area contributed by atoms with Crippen molar-refractivity contribution in [1.82, 2.24) is 25.1 Å². The number of pyridine rings is 1. The summed E-state index contributed by atoms with van der Waals surface area (Å²) in [7, 11) is 0. The van der Waals surface area contributed by atoms with E-state index in [4.69, 9.17) is 9.83 Å². The van der Waals surface area contributed by atoms with E-state index in [9.17, 15) is 13.2 Å². The van der Waals surface area contributed by atoms with Gasteiger partial charge in [0, 0.05) is 23.5 Å². The van der Waals surface area contributed by atoms with E-state index in [1.54, 1.807) is 30.6 Å². The van der Waals surface area contributed by atoms with Crippen LogP contribution < -0.4 is 5.62 Å². The maximum atomic E-state index is 13.1. The second-order valence-corrected chi connectivity index (χ2v) is 7.00. The van der Waals surface area contributed by atoms with Crippen LogP contribution in [0.2, 0.25) is 0 Å². The lowest BCUT2D eigenvalue weighted by molar-refractivity contribution is -0.137. The molecule has 0 amide bonds. The second kappa shape index (κ2) is 8.52. The predicted molar refractivity (Wildman–Crippen MR) is 105 cm³/mol. The summed E-state index contributed by atoms with van der Waals surface area (Å²) >= 11 is 1.05. The Labute approximate surface area is 176 Å². The van der Waals surface area contributed by atoms with Gasteiger partial charge in [-0.25, -0.2) is 9.98 Å². The van der Waals surface area contributed by atoms with E-state index in [-0.39, 0.29) is 22.1 Å². The summed E-state index contributed by atoms with van der Waals surface area (Å²) in [5, 5.41) is 15.8. The minimum absolute atomic E-state index is 0.0429. The number of rotatable bonds is 5. The predicted octanol–water partition coefficient (Wildman–Crippen LogP) is 4.20. The molecule has 3 aromatic heterocycles. The molecule has 0 saturated carbocycles. The van der Waals surface area contributed by atoms with Crippen molar-refractivity contribution in [3.8, 4) is 22.7 Å². The van der Waals surface area contributed by atoms with E-state index >= 15 is 0 Å². The molecular weight excluding hydrogens is 431 g/mol. The van der Waals surface area contributed by atoms with Crippen LogP contribution in [-0.4, -0.2) is 31.5 Å². The van der Waals surface area contributed by atoms with E-state index in [0.29, 0.717) is 16.5 Å². The molecule has 0 unspecified atom stereocenters. The quantitative estimate of drug-likeness (QED) is 0.271. The molecule has 8 nitrogen and oxygen atoms in total. The largest absolute Gasteiger partial charge is 0.416 e. The van der Waals surface area contributed by atoms with Gasteiger partial charge < -0.3 is 9.40 Å². The van der Waals surface area contributed by atoms with Gasteiger partial charge in [-0.2, -0.15) is 13.2 Å². The van der Waals surface area contributed by atoms with Crippen LogP contribution in [0.5, 0.6) is 0 Å².